The Morgan fingerprint density at radius 2 is 1.90 bits per heavy atom. The molecule has 4 amide bonds. The summed E-state index contributed by atoms with van der Waals surface area (Å²) in [5.41, 5.74) is -1.24. The van der Waals surface area contributed by atoms with Crippen LogP contribution in [0.25, 0.3) is 0 Å². The van der Waals surface area contributed by atoms with Crippen molar-refractivity contribution < 1.29 is 41.9 Å². The van der Waals surface area contributed by atoms with Crippen LogP contribution in [-0.2, 0) is 40.4 Å². The maximum absolute atomic E-state index is 14.3. The van der Waals surface area contributed by atoms with Crippen molar-refractivity contribution in [3.05, 3.63) is 40.9 Å². The van der Waals surface area contributed by atoms with E-state index in [1.165, 1.54) is 11.0 Å². The van der Waals surface area contributed by atoms with Crippen LogP contribution in [0, 0.1) is 11.8 Å². The first-order chi connectivity index (χ1) is 23.4. The molecule has 14 nitrogen and oxygen atoms in total. The van der Waals surface area contributed by atoms with Gasteiger partial charge in [0.2, 0.25) is 21.8 Å². The normalized spacial score (nSPS) is 27.5. The van der Waals surface area contributed by atoms with Gasteiger partial charge in [-0.3, -0.25) is 19.1 Å². The molecule has 1 aromatic carbocycles. The van der Waals surface area contributed by atoms with Gasteiger partial charge in [-0.2, -0.15) is 0 Å². The first-order valence-corrected chi connectivity index (χ1v) is 18.8. The highest BCUT2D eigenvalue weighted by Crippen LogP contribution is 2.47. The van der Waals surface area contributed by atoms with Crippen LogP contribution in [0.1, 0.15) is 77.8 Å². The quantitative estimate of drug-likeness (QED) is 0.305. The number of fused-ring (bicyclic) bond motifs is 1. The standard InChI is InChI=1S/C34H44ClN5O9S/c1-7-21-14-34(21,30(43)39-50(45,46)22-8-9-22)37-28(41)25-16-33(15-24(38-49-33)20-12-19-10-11-47-27(19)23(35)13-20)17-40(25)29(42)26(18(2)3)36-31(44)48-32(4,5)6/h7,12-13,18,21-22,25-26H,1,8-11,14-17H2,2-6H3,(H,36,44)(H,37,41)(H,39,43)/t21-,25+,26+,33-,34-/m1/s1. The minimum absolute atomic E-state index is 0.00738. The Morgan fingerprint density at radius 1 is 1.18 bits per heavy atom. The van der Waals surface area contributed by atoms with E-state index in [9.17, 15) is 27.6 Å². The predicted molar refractivity (Wildman–Crippen MR) is 183 cm³/mol. The number of alkyl carbamates (subject to hydrolysis) is 1. The number of oxime groups is 1. The van der Waals surface area contributed by atoms with Crippen LogP contribution in [0.15, 0.2) is 29.9 Å². The Bertz CT molecular complexity index is 1770. The summed E-state index contributed by atoms with van der Waals surface area (Å²) >= 11 is 6.51. The predicted octanol–water partition coefficient (Wildman–Crippen LogP) is 2.96. The zero-order chi connectivity index (χ0) is 36.4. The molecule has 5 atom stereocenters. The molecule has 0 radical (unpaired) electrons. The fraction of sp³-hybridized carbons (Fsp3) is 0.618. The van der Waals surface area contributed by atoms with Crippen LogP contribution in [-0.4, -0.2) is 90.1 Å². The molecular formula is C34H44ClN5O9S. The van der Waals surface area contributed by atoms with Gasteiger partial charge in [0.05, 0.1) is 29.1 Å². The van der Waals surface area contributed by atoms with Crippen molar-refractivity contribution in [2.75, 3.05) is 13.2 Å². The zero-order valence-corrected chi connectivity index (χ0v) is 30.4. The zero-order valence-electron chi connectivity index (χ0n) is 28.8. The molecule has 0 unspecified atom stereocenters. The number of hydrogen-bond acceptors (Lipinski definition) is 10. The van der Waals surface area contributed by atoms with E-state index in [0.717, 1.165) is 11.1 Å². The van der Waals surface area contributed by atoms with Gasteiger partial charge in [-0.05, 0) is 63.6 Å². The Kier molecular flexibility index (Phi) is 9.15. The molecule has 272 valence electrons. The summed E-state index contributed by atoms with van der Waals surface area (Å²) in [4.78, 5) is 62.3. The second kappa shape index (κ2) is 12.7. The SMILES string of the molecule is C=C[C@@H]1C[C@]1(NC(=O)[C@@H]1C[C@]2(CC(c3cc(Cl)c4c(c3)CCO4)=NO2)CN1C(=O)[C@@H](NC(=O)OC(C)(C)C)C(C)C)C(=O)NS(=O)(=O)C1CC1. The summed E-state index contributed by atoms with van der Waals surface area (Å²) in [5.74, 6) is -2.36. The minimum Gasteiger partial charge on any atom is -0.491 e. The molecule has 5 aliphatic rings. The average molecular weight is 734 g/mol. The fourth-order valence-corrected chi connectivity index (χ4v) is 8.51. The van der Waals surface area contributed by atoms with Crippen molar-refractivity contribution in [3.63, 3.8) is 0 Å². The fourth-order valence-electron chi connectivity index (χ4n) is 6.86. The Hall–Kier alpha value is -3.85. The number of halogens is 1. The van der Waals surface area contributed by atoms with Crippen molar-refractivity contribution in [1.29, 1.82) is 0 Å². The number of carbonyl (C=O) groups is 4. The number of sulfonamides is 1. The molecule has 1 spiro atoms. The number of ether oxygens (including phenoxy) is 2. The van der Waals surface area contributed by atoms with Crippen molar-refractivity contribution in [3.8, 4) is 5.75 Å². The number of nitrogens with zero attached hydrogens (tertiary/aromatic N) is 2. The third kappa shape index (κ3) is 7.03. The van der Waals surface area contributed by atoms with E-state index in [1.54, 1.807) is 40.7 Å². The van der Waals surface area contributed by atoms with Crippen molar-refractivity contribution in [1.82, 2.24) is 20.3 Å². The Morgan fingerprint density at radius 3 is 2.52 bits per heavy atom. The summed E-state index contributed by atoms with van der Waals surface area (Å²) in [6.45, 7) is 12.9. The molecular weight excluding hydrogens is 690 g/mol. The smallest absolute Gasteiger partial charge is 0.408 e. The molecule has 16 heteroatoms. The monoisotopic (exact) mass is 733 g/mol. The van der Waals surface area contributed by atoms with Crippen LogP contribution in [0.3, 0.4) is 0 Å². The maximum atomic E-state index is 14.3. The lowest BCUT2D eigenvalue weighted by atomic mass is 9.91. The minimum atomic E-state index is -3.90. The van der Waals surface area contributed by atoms with Gasteiger partial charge < -0.3 is 29.8 Å². The summed E-state index contributed by atoms with van der Waals surface area (Å²) in [7, 11) is -3.90. The lowest BCUT2D eigenvalue weighted by molar-refractivity contribution is -0.142. The molecule has 1 saturated heterocycles. The highest BCUT2D eigenvalue weighted by Gasteiger charge is 2.63. The van der Waals surface area contributed by atoms with Gasteiger partial charge >= 0.3 is 6.09 Å². The van der Waals surface area contributed by atoms with E-state index < -0.39 is 79.7 Å². The molecule has 50 heavy (non-hydrogen) atoms. The Labute approximate surface area is 296 Å². The number of nitrogens with one attached hydrogen (secondary N) is 3. The number of likely N-dealkylation sites (tertiary alicyclic amines) is 1. The molecule has 2 aliphatic carbocycles. The van der Waals surface area contributed by atoms with Gasteiger partial charge in [-0.1, -0.05) is 36.7 Å². The molecule has 0 aromatic heterocycles. The molecule has 0 bridgehead atoms. The summed E-state index contributed by atoms with van der Waals surface area (Å²) < 4.78 is 38.5. The van der Waals surface area contributed by atoms with Gasteiger partial charge in [-0.25, -0.2) is 13.2 Å². The molecule has 3 N–H and O–H groups in total. The number of hydrogen-bond donors (Lipinski definition) is 3. The first-order valence-electron chi connectivity index (χ1n) is 16.9. The molecule has 3 fully saturated rings. The van der Waals surface area contributed by atoms with Crippen LogP contribution in [0.5, 0.6) is 5.75 Å². The van der Waals surface area contributed by atoms with Gasteiger partial charge in [0.1, 0.15) is 29.0 Å². The van der Waals surface area contributed by atoms with E-state index in [1.807, 2.05) is 6.07 Å². The van der Waals surface area contributed by atoms with Gasteiger partial charge in [0.25, 0.3) is 5.91 Å². The Balaban J connectivity index is 1.27. The van der Waals surface area contributed by atoms with E-state index in [-0.39, 0.29) is 25.8 Å². The van der Waals surface area contributed by atoms with Gasteiger partial charge in [0, 0.05) is 30.7 Å². The van der Waals surface area contributed by atoms with Crippen LogP contribution < -0.4 is 20.1 Å². The second-order valence-corrected chi connectivity index (χ2v) is 17.6. The number of rotatable bonds is 10. The van der Waals surface area contributed by atoms with Crippen LogP contribution in [0.4, 0.5) is 4.79 Å². The van der Waals surface area contributed by atoms with E-state index in [2.05, 4.69) is 27.1 Å². The number of benzene rings is 1. The number of amides is 4. The molecule has 3 heterocycles. The molecule has 1 aromatic rings. The second-order valence-electron chi connectivity index (χ2n) is 15.3. The van der Waals surface area contributed by atoms with Crippen molar-refractivity contribution in [2.45, 2.75) is 107 Å². The molecule has 6 rings (SSSR count). The lowest BCUT2D eigenvalue weighted by Gasteiger charge is -2.32. The van der Waals surface area contributed by atoms with Gasteiger partial charge in [-0.15, -0.1) is 6.58 Å². The van der Waals surface area contributed by atoms with E-state index >= 15 is 0 Å². The van der Waals surface area contributed by atoms with Gasteiger partial charge in [0.15, 0.2) is 5.60 Å². The molecule has 2 saturated carbocycles. The van der Waals surface area contributed by atoms with Crippen LogP contribution in [0.2, 0.25) is 5.02 Å². The van der Waals surface area contributed by atoms with Crippen molar-refractivity contribution in [2.24, 2.45) is 17.0 Å². The number of carbonyl (C=O) groups excluding carboxylic acids is 4. The molecule has 3 aliphatic heterocycles. The average Bonchev–Trinajstić information content (AvgIpc) is 3.86. The van der Waals surface area contributed by atoms with E-state index in [4.69, 9.17) is 25.9 Å². The topological polar surface area (TPSA) is 182 Å². The third-order valence-electron chi connectivity index (χ3n) is 9.75. The summed E-state index contributed by atoms with van der Waals surface area (Å²) in [5, 5.41) is 9.63. The van der Waals surface area contributed by atoms with E-state index in [0.29, 0.717) is 42.4 Å². The maximum Gasteiger partial charge on any atom is 0.408 e. The first kappa shape index (κ1) is 36.0. The highest BCUT2D eigenvalue weighted by molar-refractivity contribution is 7.91. The largest absolute Gasteiger partial charge is 0.491 e. The highest BCUT2D eigenvalue weighted by atomic mass is 35.5. The third-order valence-corrected chi connectivity index (χ3v) is 11.9. The lowest BCUT2D eigenvalue weighted by Crippen LogP contribution is -2.59. The summed E-state index contributed by atoms with van der Waals surface area (Å²) in [6.07, 6.45) is 2.69. The van der Waals surface area contributed by atoms with Crippen LogP contribution >= 0.6 is 11.6 Å². The van der Waals surface area contributed by atoms with Crippen molar-refractivity contribution >= 4 is 51.2 Å². The summed E-state index contributed by atoms with van der Waals surface area (Å²) in [6, 6.07) is 1.45.